The van der Waals surface area contributed by atoms with E-state index in [1.165, 1.54) is 32.6 Å². The molecule has 4 heteroatoms. The van der Waals surface area contributed by atoms with Crippen molar-refractivity contribution in [3.05, 3.63) is 158 Å². The molecule has 0 radical (unpaired) electrons. The van der Waals surface area contributed by atoms with Crippen LogP contribution in [-0.4, -0.2) is 9.55 Å². The van der Waals surface area contributed by atoms with Crippen molar-refractivity contribution in [2.45, 2.75) is 0 Å². The number of benzene rings is 8. The van der Waals surface area contributed by atoms with Crippen molar-refractivity contribution in [2.24, 2.45) is 0 Å². The van der Waals surface area contributed by atoms with Crippen LogP contribution in [0.15, 0.2) is 167 Å². The number of aromatic nitrogens is 2. The quantitative estimate of drug-likeness (QED) is 0.196. The number of nitrogens with zero attached hydrogens (tertiary/aromatic N) is 2. The maximum absolute atomic E-state index is 6.66. The number of rotatable bonds is 3. The number of hydrogen-bond acceptors (Lipinski definition) is 3. The first-order valence-corrected chi connectivity index (χ1v) is 16.5. The Hall–Kier alpha value is -6.65. The van der Waals surface area contributed by atoms with Gasteiger partial charge in [-0.3, -0.25) is 0 Å². The Labute approximate surface area is 280 Å². The van der Waals surface area contributed by atoms with Gasteiger partial charge in [-0.25, -0.2) is 4.98 Å². The fourth-order valence-electron chi connectivity index (χ4n) is 7.88. The van der Waals surface area contributed by atoms with E-state index in [-0.39, 0.29) is 0 Å². The minimum Gasteiger partial charge on any atom is -0.456 e. The van der Waals surface area contributed by atoms with Crippen molar-refractivity contribution < 1.29 is 8.83 Å². The average molecular weight is 627 g/mol. The fourth-order valence-corrected chi connectivity index (χ4v) is 7.88. The van der Waals surface area contributed by atoms with E-state index >= 15 is 0 Å². The predicted octanol–water partition coefficient (Wildman–Crippen LogP) is 12.5. The summed E-state index contributed by atoms with van der Waals surface area (Å²) < 4.78 is 15.4. The molecule has 0 saturated heterocycles. The third kappa shape index (κ3) is 3.77. The number of furan rings is 1. The lowest BCUT2D eigenvalue weighted by Gasteiger charge is -2.11. The van der Waals surface area contributed by atoms with Gasteiger partial charge in [-0.1, -0.05) is 103 Å². The van der Waals surface area contributed by atoms with Gasteiger partial charge in [0.25, 0.3) is 0 Å². The molecule has 0 spiro atoms. The Morgan fingerprint density at radius 2 is 1.22 bits per heavy atom. The Morgan fingerprint density at radius 1 is 0.449 bits per heavy atom. The lowest BCUT2D eigenvalue weighted by atomic mass is 9.92. The van der Waals surface area contributed by atoms with Crippen LogP contribution in [0.2, 0.25) is 0 Å². The molecule has 8 aromatic carbocycles. The van der Waals surface area contributed by atoms with Gasteiger partial charge in [-0.2, -0.15) is 0 Å². The van der Waals surface area contributed by atoms with Crippen molar-refractivity contribution in [3.63, 3.8) is 0 Å². The van der Waals surface area contributed by atoms with Gasteiger partial charge in [0.15, 0.2) is 5.58 Å². The van der Waals surface area contributed by atoms with Crippen molar-refractivity contribution in [1.29, 1.82) is 0 Å². The molecule has 49 heavy (non-hydrogen) atoms. The van der Waals surface area contributed by atoms with E-state index in [9.17, 15) is 0 Å². The second-order valence-electron chi connectivity index (χ2n) is 12.7. The molecule has 11 rings (SSSR count). The Bertz CT molecular complexity index is 3110. The molecule has 0 aliphatic rings. The summed E-state index contributed by atoms with van der Waals surface area (Å²) in [5, 5.41) is 9.39. The summed E-state index contributed by atoms with van der Waals surface area (Å²) in [6, 6.07) is 55.4. The van der Waals surface area contributed by atoms with Gasteiger partial charge in [-0.05, 0) is 76.1 Å². The standard InChI is InChI=1S/C45H26N2O2/c1-2-12-28(13-3-1)45-46-44-34(18-10-20-39(44)49-45)42-32-16-7-5-14-29(32)25-40-43(42)35-26-30(22-24-38(35)48-40)47-36-19-9-8-17-33(36)41-31-15-6-4-11-27(31)21-23-37(41)47/h1-26H. The fraction of sp³-hybridized carbons (Fsp3) is 0. The van der Waals surface area contributed by atoms with E-state index in [1.807, 2.05) is 36.4 Å². The lowest BCUT2D eigenvalue weighted by Crippen LogP contribution is -1.93. The zero-order valence-corrected chi connectivity index (χ0v) is 26.2. The molecule has 0 aliphatic carbocycles. The second-order valence-corrected chi connectivity index (χ2v) is 12.7. The largest absolute Gasteiger partial charge is 0.456 e. The van der Waals surface area contributed by atoms with Crippen LogP contribution >= 0.6 is 0 Å². The highest BCUT2D eigenvalue weighted by Gasteiger charge is 2.22. The highest BCUT2D eigenvalue weighted by molar-refractivity contribution is 6.24. The lowest BCUT2D eigenvalue weighted by molar-refractivity contribution is 0.620. The molecule has 228 valence electrons. The zero-order valence-electron chi connectivity index (χ0n) is 26.2. The topological polar surface area (TPSA) is 44.1 Å². The summed E-state index contributed by atoms with van der Waals surface area (Å²) in [6.45, 7) is 0. The van der Waals surface area contributed by atoms with Gasteiger partial charge >= 0.3 is 0 Å². The third-order valence-electron chi connectivity index (χ3n) is 10.00. The molecule has 11 aromatic rings. The molecule has 0 fully saturated rings. The van der Waals surface area contributed by atoms with Crippen molar-refractivity contribution in [2.75, 3.05) is 0 Å². The summed E-state index contributed by atoms with van der Waals surface area (Å²) in [5.41, 5.74) is 9.77. The molecule has 0 bridgehead atoms. The van der Waals surface area contributed by atoms with Crippen LogP contribution in [-0.2, 0) is 0 Å². The van der Waals surface area contributed by atoms with Crippen LogP contribution in [0.4, 0.5) is 0 Å². The number of oxazole rings is 1. The molecule has 0 unspecified atom stereocenters. The van der Waals surface area contributed by atoms with Gasteiger partial charge in [0.2, 0.25) is 5.89 Å². The maximum atomic E-state index is 6.66. The van der Waals surface area contributed by atoms with E-state index in [2.05, 4.69) is 126 Å². The molecule has 0 saturated carbocycles. The normalized spacial score (nSPS) is 12.1. The number of hydrogen-bond donors (Lipinski definition) is 0. The summed E-state index contributed by atoms with van der Waals surface area (Å²) in [4.78, 5) is 5.09. The van der Waals surface area contributed by atoms with Crippen LogP contribution in [0.1, 0.15) is 0 Å². The Balaban J connectivity index is 1.24. The van der Waals surface area contributed by atoms with Crippen LogP contribution < -0.4 is 0 Å². The van der Waals surface area contributed by atoms with Gasteiger partial charge in [0.05, 0.1) is 11.0 Å². The number of fused-ring (bicyclic) bond motifs is 10. The van der Waals surface area contributed by atoms with Gasteiger partial charge < -0.3 is 13.4 Å². The van der Waals surface area contributed by atoms with Gasteiger partial charge in [0, 0.05) is 43.9 Å². The molecular weight excluding hydrogens is 601 g/mol. The van der Waals surface area contributed by atoms with E-state index in [0.29, 0.717) is 5.89 Å². The smallest absolute Gasteiger partial charge is 0.227 e. The van der Waals surface area contributed by atoms with Gasteiger partial charge in [0.1, 0.15) is 16.7 Å². The molecule has 3 aromatic heterocycles. The van der Waals surface area contributed by atoms with Crippen molar-refractivity contribution in [1.82, 2.24) is 9.55 Å². The molecule has 0 atom stereocenters. The first-order valence-electron chi connectivity index (χ1n) is 16.5. The minimum absolute atomic E-state index is 0.609. The zero-order chi connectivity index (χ0) is 32.1. The highest BCUT2D eigenvalue weighted by atomic mass is 16.3. The van der Waals surface area contributed by atoms with E-state index < -0.39 is 0 Å². The third-order valence-corrected chi connectivity index (χ3v) is 10.00. The van der Waals surface area contributed by atoms with Gasteiger partial charge in [-0.15, -0.1) is 0 Å². The predicted molar refractivity (Wildman–Crippen MR) is 202 cm³/mol. The monoisotopic (exact) mass is 626 g/mol. The molecule has 3 heterocycles. The van der Waals surface area contributed by atoms with Crippen LogP contribution in [0.5, 0.6) is 0 Å². The second kappa shape index (κ2) is 9.93. The van der Waals surface area contributed by atoms with Crippen LogP contribution in [0, 0.1) is 0 Å². The average Bonchev–Trinajstić information content (AvgIpc) is 3.86. The summed E-state index contributed by atoms with van der Waals surface area (Å²) >= 11 is 0. The highest BCUT2D eigenvalue weighted by Crippen LogP contribution is 2.45. The molecular formula is C45H26N2O2. The van der Waals surface area contributed by atoms with Crippen LogP contribution in [0.3, 0.4) is 0 Å². The van der Waals surface area contributed by atoms with Crippen molar-refractivity contribution >= 4 is 76.4 Å². The molecule has 0 aliphatic heterocycles. The first kappa shape index (κ1) is 26.4. The first-order chi connectivity index (χ1) is 24.3. The molecule has 0 N–H and O–H groups in total. The van der Waals surface area contributed by atoms with E-state index in [1.54, 1.807) is 0 Å². The maximum Gasteiger partial charge on any atom is 0.227 e. The van der Waals surface area contributed by atoms with Crippen LogP contribution in [0.25, 0.3) is 105 Å². The SMILES string of the molecule is c1ccc(-c2nc3c(-c4c5ccccc5cc5oc6ccc(-n7c8ccccc8c8c9ccccc9ccc87)cc6c45)cccc3o2)cc1. The minimum atomic E-state index is 0.609. The molecule has 0 amide bonds. The summed E-state index contributed by atoms with van der Waals surface area (Å²) in [6.07, 6.45) is 0. The Kier molecular flexibility index (Phi) is 5.35. The van der Waals surface area contributed by atoms with Crippen molar-refractivity contribution in [3.8, 4) is 28.3 Å². The Morgan fingerprint density at radius 3 is 2.12 bits per heavy atom. The summed E-state index contributed by atoms with van der Waals surface area (Å²) in [5.74, 6) is 0.609. The summed E-state index contributed by atoms with van der Waals surface area (Å²) in [7, 11) is 0. The van der Waals surface area contributed by atoms with E-state index in [0.717, 1.165) is 66.2 Å². The molecule has 4 nitrogen and oxygen atoms in total. The van der Waals surface area contributed by atoms with E-state index in [4.69, 9.17) is 13.8 Å². The number of para-hydroxylation sites is 2.